The molecule has 158 valence electrons. The summed E-state index contributed by atoms with van der Waals surface area (Å²) in [6, 6.07) is 0. The first-order chi connectivity index (χ1) is 13.1. The molecule has 0 aliphatic carbocycles. The third-order valence-electron chi connectivity index (χ3n) is 4.44. The number of nitrogens with zero attached hydrogens (tertiary/aromatic N) is 1. The van der Waals surface area contributed by atoms with Gasteiger partial charge in [-0.15, -0.1) is 0 Å². The van der Waals surface area contributed by atoms with Crippen LogP contribution in [0.5, 0.6) is 0 Å². The zero-order valence-electron chi connectivity index (χ0n) is 17.3. The number of carbonyl (C=O) groups excluding carboxylic acids is 4. The van der Waals surface area contributed by atoms with Gasteiger partial charge in [0.05, 0.1) is 24.4 Å². The maximum Gasteiger partial charge on any atom is 0.253 e. The Morgan fingerprint density at radius 2 is 1.61 bits per heavy atom. The van der Waals surface area contributed by atoms with Gasteiger partial charge in [-0.1, -0.05) is 0 Å². The summed E-state index contributed by atoms with van der Waals surface area (Å²) >= 11 is 0. The van der Waals surface area contributed by atoms with Crippen molar-refractivity contribution >= 4 is 24.0 Å². The van der Waals surface area contributed by atoms with Gasteiger partial charge in [0.15, 0.2) is 0 Å². The van der Waals surface area contributed by atoms with Crippen LogP contribution in [-0.4, -0.2) is 66.4 Å². The van der Waals surface area contributed by atoms with Crippen LogP contribution in [0.1, 0.15) is 53.4 Å². The Bertz CT molecular complexity index is 580. The molecule has 1 aliphatic rings. The van der Waals surface area contributed by atoms with E-state index in [0.29, 0.717) is 39.0 Å². The van der Waals surface area contributed by atoms with Crippen LogP contribution in [0.15, 0.2) is 12.2 Å². The van der Waals surface area contributed by atoms with Crippen molar-refractivity contribution in [2.45, 2.75) is 64.6 Å². The zero-order valence-corrected chi connectivity index (χ0v) is 17.3. The molecule has 1 N–H and O–H groups in total. The highest BCUT2D eigenvalue weighted by atomic mass is 16.5. The molecule has 1 aliphatic heterocycles. The molecule has 3 amide bonds. The summed E-state index contributed by atoms with van der Waals surface area (Å²) in [6.07, 6.45) is 5.01. The van der Waals surface area contributed by atoms with Gasteiger partial charge in [0.1, 0.15) is 6.29 Å². The van der Waals surface area contributed by atoms with Gasteiger partial charge in [-0.05, 0) is 40.5 Å². The fraction of sp³-hybridized carbons (Fsp3) is 0.700. The molecule has 8 nitrogen and oxygen atoms in total. The van der Waals surface area contributed by atoms with Crippen LogP contribution in [0, 0.1) is 0 Å². The summed E-state index contributed by atoms with van der Waals surface area (Å²) in [6.45, 7) is 9.23. The van der Waals surface area contributed by atoms with E-state index >= 15 is 0 Å². The first-order valence-corrected chi connectivity index (χ1v) is 9.58. The van der Waals surface area contributed by atoms with Crippen molar-refractivity contribution in [2.24, 2.45) is 0 Å². The van der Waals surface area contributed by atoms with E-state index in [2.05, 4.69) is 5.32 Å². The van der Waals surface area contributed by atoms with Crippen LogP contribution in [0.25, 0.3) is 0 Å². The largest absolute Gasteiger partial charge is 0.375 e. The monoisotopic (exact) mass is 396 g/mol. The number of hydrogen-bond donors (Lipinski definition) is 1. The Labute approximate surface area is 166 Å². The van der Waals surface area contributed by atoms with E-state index in [-0.39, 0.29) is 36.3 Å². The highest BCUT2D eigenvalue weighted by Crippen LogP contribution is 2.19. The van der Waals surface area contributed by atoms with Crippen LogP contribution in [0.3, 0.4) is 0 Å². The summed E-state index contributed by atoms with van der Waals surface area (Å²) in [4.78, 5) is 46.2. The topological polar surface area (TPSA) is 102 Å². The molecule has 0 aromatic rings. The maximum atomic E-state index is 11.9. The molecule has 1 heterocycles. The number of imide groups is 1. The molecule has 0 spiro atoms. The molecule has 0 bridgehead atoms. The van der Waals surface area contributed by atoms with Crippen LogP contribution in [0.4, 0.5) is 0 Å². The second-order valence-corrected chi connectivity index (χ2v) is 7.93. The Morgan fingerprint density at radius 1 is 1.04 bits per heavy atom. The average molecular weight is 396 g/mol. The number of nitrogens with one attached hydrogen (secondary N) is 1. The number of rotatable bonds is 14. The lowest BCUT2D eigenvalue weighted by atomic mass is 10.0. The zero-order chi connectivity index (χ0) is 21.2. The Balaban J connectivity index is 2.20. The third kappa shape index (κ3) is 9.23. The lowest BCUT2D eigenvalue weighted by Gasteiger charge is -2.29. The van der Waals surface area contributed by atoms with Crippen molar-refractivity contribution in [2.75, 3.05) is 26.3 Å². The van der Waals surface area contributed by atoms with E-state index in [1.165, 1.54) is 12.2 Å². The molecular formula is C20H32N2O6. The molecule has 0 saturated carbocycles. The fourth-order valence-electron chi connectivity index (χ4n) is 2.56. The summed E-state index contributed by atoms with van der Waals surface area (Å²) in [5.74, 6) is -0.983. The van der Waals surface area contributed by atoms with Crippen LogP contribution in [-0.2, 0) is 28.7 Å². The number of aldehydes is 1. The highest BCUT2D eigenvalue weighted by Gasteiger charge is 2.24. The maximum absolute atomic E-state index is 11.9. The second-order valence-electron chi connectivity index (χ2n) is 7.93. The van der Waals surface area contributed by atoms with Crippen LogP contribution < -0.4 is 5.32 Å². The first-order valence-electron chi connectivity index (χ1n) is 9.58. The van der Waals surface area contributed by atoms with E-state index in [0.717, 1.165) is 11.2 Å². The van der Waals surface area contributed by atoms with Gasteiger partial charge in [-0.25, -0.2) is 0 Å². The number of carbonyl (C=O) groups is 4. The lowest BCUT2D eigenvalue weighted by Crippen LogP contribution is -2.37. The first kappa shape index (κ1) is 24.0. The molecule has 0 atom stereocenters. The molecule has 0 aromatic heterocycles. The third-order valence-corrected chi connectivity index (χ3v) is 4.44. The number of hydrogen-bond acceptors (Lipinski definition) is 6. The van der Waals surface area contributed by atoms with Gasteiger partial charge < -0.3 is 19.6 Å². The molecule has 0 saturated heterocycles. The van der Waals surface area contributed by atoms with E-state index in [1.807, 2.05) is 27.7 Å². The summed E-state index contributed by atoms with van der Waals surface area (Å²) in [5.41, 5.74) is -0.788. The van der Waals surface area contributed by atoms with Crippen molar-refractivity contribution in [3.05, 3.63) is 12.2 Å². The quantitative estimate of drug-likeness (QED) is 0.270. The Kier molecular flexibility index (Phi) is 9.48. The van der Waals surface area contributed by atoms with Gasteiger partial charge in [-0.2, -0.15) is 0 Å². The molecule has 0 aromatic carbocycles. The van der Waals surface area contributed by atoms with Crippen LogP contribution >= 0.6 is 0 Å². The van der Waals surface area contributed by atoms with Crippen molar-refractivity contribution in [3.63, 3.8) is 0 Å². The van der Waals surface area contributed by atoms with E-state index in [9.17, 15) is 19.2 Å². The smallest absolute Gasteiger partial charge is 0.253 e. The molecule has 0 unspecified atom stereocenters. The van der Waals surface area contributed by atoms with E-state index in [4.69, 9.17) is 9.47 Å². The number of amides is 3. The molecule has 8 heteroatoms. The second kappa shape index (κ2) is 11.1. The highest BCUT2D eigenvalue weighted by molar-refractivity contribution is 6.13. The standard InChI is InChI=1S/C20H32N2O6/c1-19(2,28-15-10-20(3,4)27-14-5-13-23)9-11-21-16(24)8-12-22-17(25)6-7-18(22)26/h6-7,13H,5,8-12,14-15H2,1-4H3,(H,21,24). The SMILES string of the molecule is CC(C)(CCNC(=O)CCN1C(=O)C=CC1=O)OCCC(C)(C)OCCC=O. The van der Waals surface area contributed by atoms with Crippen LogP contribution in [0.2, 0.25) is 0 Å². The van der Waals surface area contributed by atoms with Gasteiger partial charge in [-0.3, -0.25) is 19.3 Å². The fourth-order valence-corrected chi connectivity index (χ4v) is 2.56. The molecule has 28 heavy (non-hydrogen) atoms. The minimum Gasteiger partial charge on any atom is -0.375 e. The minimum atomic E-state index is -0.420. The lowest BCUT2D eigenvalue weighted by molar-refractivity contribution is -0.137. The molecule has 0 fully saturated rings. The van der Waals surface area contributed by atoms with E-state index in [1.54, 1.807) is 0 Å². The van der Waals surface area contributed by atoms with Gasteiger partial charge >= 0.3 is 0 Å². The van der Waals surface area contributed by atoms with Gasteiger partial charge in [0.2, 0.25) is 5.91 Å². The van der Waals surface area contributed by atoms with Crippen molar-refractivity contribution < 1.29 is 28.7 Å². The molecular weight excluding hydrogens is 364 g/mol. The van der Waals surface area contributed by atoms with Crippen molar-refractivity contribution in [1.82, 2.24) is 10.2 Å². The molecule has 1 rings (SSSR count). The van der Waals surface area contributed by atoms with Gasteiger partial charge in [0.25, 0.3) is 11.8 Å². The van der Waals surface area contributed by atoms with Crippen molar-refractivity contribution in [3.8, 4) is 0 Å². The molecule has 0 radical (unpaired) electrons. The van der Waals surface area contributed by atoms with E-state index < -0.39 is 5.60 Å². The number of ether oxygens (including phenoxy) is 2. The summed E-state index contributed by atoms with van der Waals surface area (Å²) in [5, 5.41) is 2.79. The predicted molar refractivity (Wildman–Crippen MR) is 103 cm³/mol. The normalized spacial score (nSPS) is 14.6. The van der Waals surface area contributed by atoms with Gasteiger partial charge in [0, 0.05) is 38.1 Å². The average Bonchev–Trinajstić information content (AvgIpc) is 2.90. The summed E-state index contributed by atoms with van der Waals surface area (Å²) < 4.78 is 11.6. The minimum absolute atomic E-state index is 0.0762. The predicted octanol–water partition coefficient (Wildman–Crippen LogP) is 1.38. The Morgan fingerprint density at radius 3 is 2.21 bits per heavy atom. The Hall–Kier alpha value is -2.06. The van der Waals surface area contributed by atoms with Crippen molar-refractivity contribution in [1.29, 1.82) is 0 Å². The summed E-state index contributed by atoms with van der Waals surface area (Å²) in [7, 11) is 0.